The summed E-state index contributed by atoms with van der Waals surface area (Å²) in [6, 6.07) is 67.5. The highest BCUT2D eigenvalue weighted by Gasteiger charge is 2.17. The summed E-state index contributed by atoms with van der Waals surface area (Å²) in [4.78, 5) is 2.30. The van der Waals surface area contributed by atoms with E-state index < -0.39 is 0 Å². The van der Waals surface area contributed by atoms with E-state index in [-0.39, 0.29) is 0 Å². The summed E-state index contributed by atoms with van der Waals surface area (Å²) >= 11 is 0. The smallest absolute Gasteiger partial charge is 0.143 e. The molecular weight excluding hydrogens is 607 g/mol. The molecule has 0 saturated carbocycles. The fourth-order valence-corrected chi connectivity index (χ4v) is 7.52. The highest BCUT2D eigenvalue weighted by atomic mass is 16.3. The molecule has 2 nitrogen and oxygen atoms in total. The first-order valence-corrected chi connectivity index (χ1v) is 17.1. The monoisotopic (exact) mass is 637 g/mol. The fourth-order valence-electron chi connectivity index (χ4n) is 7.52. The van der Waals surface area contributed by atoms with Crippen molar-refractivity contribution in [2.45, 2.75) is 0 Å². The molecule has 234 valence electrons. The summed E-state index contributed by atoms with van der Waals surface area (Å²) in [5, 5.41) is 9.53. The Morgan fingerprint density at radius 1 is 0.320 bits per heavy atom. The highest BCUT2D eigenvalue weighted by molar-refractivity contribution is 6.15. The van der Waals surface area contributed by atoms with Crippen molar-refractivity contribution in [3.63, 3.8) is 0 Å². The van der Waals surface area contributed by atoms with E-state index in [1.807, 2.05) is 0 Å². The maximum Gasteiger partial charge on any atom is 0.143 e. The molecule has 0 radical (unpaired) electrons. The van der Waals surface area contributed by atoms with Crippen LogP contribution in [0.2, 0.25) is 0 Å². The summed E-state index contributed by atoms with van der Waals surface area (Å²) < 4.78 is 6.60. The number of benzene rings is 9. The molecule has 0 bridgehead atoms. The van der Waals surface area contributed by atoms with Crippen LogP contribution in [0.15, 0.2) is 192 Å². The normalized spacial score (nSPS) is 11.6. The van der Waals surface area contributed by atoms with Crippen LogP contribution in [0.3, 0.4) is 0 Å². The van der Waals surface area contributed by atoms with Crippen molar-refractivity contribution in [3.8, 4) is 22.3 Å². The molecule has 0 unspecified atom stereocenters. The Morgan fingerprint density at radius 3 is 1.62 bits per heavy atom. The number of fused-ring (bicyclic) bond motifs is 7. The maximum absolute atomic E-state index is 6.60. The lowest BCUT2D eigenvalue weighted by atomic mass is 9.90. The lowest BCUT2D eigenvalue weighted by molar-refractivity contribution is 0.672. The molecule has 0 fully saturated rings. The van der Waals surface area contributed by atoms with Crippen LogP contribution in [-0.2, 0) is 0 Å². The van der Waals surface area contributed by atoms with Crippen molar-refractivity contribution in [3.05, 3.63) is 188 Å². The van der Waals surface area contributed by atoms with Gasteiger partial charge in [0.25, 0.3) is 0 Å². The number of anilines is 3. The van der Waals surface area contributed by atoms with Crippen LogP contribution in [0, 0.1) is 0 Å². The lowest BCUT2D eigenvalue weighted by Crippen LogP contribution is -2.09. The number of furan rings is 1. The zero-order valence-electron chi connectivity index (χ0n) is 27.3. The number of hydrogen-bond donors (Lipinski definition) is 0. The van der Waals surface area contributed by atoms with Crippen LogP contribution in [0.25, 0.3) is 76.5 Å². The van der Waals surface area contributed by atoms with Gasteiger partial charge in [-0.1, -0.05) is 121 Å². The summed E-state index contributed by atoms with van der Waals surface area (Å²) in [5.41, 5.74) is 9.85. The molecule has 1 heterocycles. The van der Waals surface area contributed by atoms with E-state index in [9.17, 15) is 0 Å². The Morgan fingerprint density at radius 2 is 0.860 bits per heavy atom. The van der Waals surface area contributed by atoms with Gasteiger partial charge < -0.3 is 9.32 Å². The Hall–Kier alpha value is -6.64. The second-order valence-corrected chi connectivity index (χ2v) is 13.0. The number of para-hydroxylation sites is 1. The van der Waals surface area contributed by atoms with Gasteiger partial charge in [-0.05, 0) is 110 Å². The van der Waals surface area contributed by atoms with Crippen LogP contribution in [-0.4, -0.2) is 0 Å². The van der Waals surface area contributed by atoms with Crippen molar-refractivity contribution < 1.29 is 4.42 Å². The first-order chi connectivity index (χ1) is 24.8. The summed E-state index contributed by atoms with van der Waals surface area (Å²) in [6.45, 7) is 0. The molecular formula is C48H31NO. The van der Waals surface area contributed by atoms with Crippen LogP contribution in [0.5, 0.6) is 0 Å². The molecule has 2 heteroatoms. The summed E-state index contributed by atoms with van der Waals surface area (Å²) in [6.07, 6.45) is 0. The first kappa shape index (κ1) is 28.4. The zero-order chi connectivity index (χ0) is 33.0. The molecule has 0 saturated heterocycles. The van der Waals surface area contributed by atoms with Gasteiger partial charge in [0.15, 0.2) is 0 Å². The predicted molar refractivity (Wildman–Crippen MR) is 212 cm³/mol. The molecule has 1 aromatic heterocycles. The molecule has 0 N–H and O–H groups in total. The van der Waals surface area contributed by atoms with E-state index in [4.69, 9.17) is 4.42 Å². The second kappa shape index (κ2) is 11.5. The topological polar surface area (TPSA) is 16.4 Å². The van der Waals surface area contributed by atoms with Crippen LogP contribution < -0.4 is 4.90 Å². The first-order valence-electron chi connectivity index (χ1n) is 17.1. The average Bonchev–Trinajstić information content (AvgIpc) is 3.57. The molecule has 0 aliphatic heterocycles. The van der Waals surface area contributed by atoms with E-state index >= 15 is 0 Å². The van der Waals surface area contributed by atoms with Gasteiger partial charge in [-0.25, -0.2) is 0 Å². The average molecular weight is 638 g/mol. The van der Waals surface area contributed by atoms with Crippen molar-refractivity contribution in [1.82, 2.24) is 0 Å². The maximum atomic E-state index is 6.60. The molecule has 0 aliphatic carbocycles. The fraction of sp³-hybridized carbons (Fsp3) is 0. The third kappa shape index (κ3) is 4.73. The largest absolute Gasteiger partial charge is 0.455 e. The molecule has 0 atom stereocenters. The van der Waals surface area contributed by atoms with E-state index in [0.717, 1.165) is 44.4 Å². The zero-order valence-corrected chi connectivity index (χ0v) is 27.3. The molecule has 0 amide bonds. The minimum atomic E-state index is 0.877. The van der Waals surface area contributed by atoms with Crippen molar-refractivity contribution in [2.75, 3.05) is 4.90 Å². The molecule has 50 heavy (non-hydrogen) atoms. The van der Waals surface area contributed by atoms with Crippen molar-refractivity contribution >= 4 is 71.3 Å². The third-order valence-corrected chi connectivity index (χ3v) is 10.0. The van der Waals surface area contributed by atoms with Gasteiger partial charge in [0.2, 0.25) is 0 Å². The SMILES string of the molecule is c1ccc(N(c2ccc(-c3cc4ccccc4cc3-c3ccc4ccccc4c3)cc2)c2ccc3c(c2)oc2c4ccccc4ccc32)cc1. The van der Waals surface area contributed by atoms with Gasteiger partial charge in [0.1, 0.15) is 11.2 Å². The van der Waals surface area contributed by atoms with Gasteiger partial charge in [0, 0.05) is 39.3 Å². The van der Waals surface area contributed by atoms with E-state index in [1.165, 1.54) is 49.2 Å². The quantitative estimate of drug-likeness (QED) is 0.187. The van der Waals surface area contributed by atoms with Gasteiger partial charge in [-0.2, -0.15) is 0 Å². The van der Waals surface area contributed by atoms with Crippen LogP contribution in [0.4, 0.5) is 17.1 Å². The highest BCUT2D eigenvalue weighted by Crippen LogP contribution is 2.42. The summed E-state index contributed by atoms with van der Waals surface area (Å²) in [7, 11) is 0. The predicted octanol–water partition coefficient (Wildman–Crippen LogP) is 13.8. The van der Waals surface area contributed by atoms with Crippen LogP contribution >= 0.6 is 0 Å². The number of hydrogen-bond acceptors (Lipinski definition) is 2. The number of rotatable bonds is 5. The Bertz CT molecular complexity index is 2870. The van der Waals surface area contributed by atoms with Gasteiger partial charge in [0.05, 0.1) is 0 Å². The number of nitrogens with zero attached hydrogens (tertiary/aromatic N) is 1. The summed E-state index contributed by atoms with van der Waals surface area (Å²) in [5.74, 6) is 0. The Kier molecular flexibility index (Phi) is 6.53. The lowest BCUT2D eigenvalue weighted by Gasteiger charge is -2.25. The standard InChI is InChI=1S/C48H31NO/c1-2-15-39(16-3-1)49(41-25-27-43-44-26-22-33-11-8-9-17-42(33)48(44)50-47(43)31-41)40-23-20-34(21-24-40)45-29-36-13-6-7-14-37(36)30-46(45)38-19-18-32-10-4-5-12-35(32)28-38/h1-31H. The van der Waals surface area contributed by atoms with Crippen molar-refractivity contribution in [2.24, 2.45) is 0 Å². The minimum absolute atomic E-state index is 0.877. The molecule has 9 aromatic carbocycles. The van der Waals surface area contributed by atoms with E-state index in [1.54, 1.807) is 0 Å². The molecule has 0 aliphatic rings. The second-order valence-electron chi connectivity index (χ2n) is 13.0. The minimum Gasteiger partial charge on any atom is -0.455 e. The molecule has 0 spiro atoms. The van der Waals surface area contributed by atoms with Gasteiger partial charge in [-0.15, -0.1) is 0 Å². The van der Waals surface area contributed by atoms with E-state index in [2.05, 4.69) is 193 Å². The molecule has 10 aromatic rings. The van der Waals surface area contributed by atoms with E-state index in [0.29, 0.717) is 0 Å². The van der Waals surface area contributed by atoms with Gasteiger partial charge >= 0.3 is 0 Å². The van der Waals surface area contributed by atoms with Crippen molar-refractivity contribution in [1.29, 1.82) is 0 Å². The van der Waals surface area contributed by atoms with Gasteiger partial charge in [-0.3, -0.25) is 0 Å². The third-order valence-electron chi connectivity index (χ3n) is 10.0. The van der Waals surface area contributed by atoms with Crippen LogP contribution in [0.1, 0.15) is 0 Å². The molecule has 10 rings (SSSR count). The Labute approximate surface area is 290 Å². The Balaban J connectivity index is 1.10.